The molecule has 1 saturated heterocycles. The first-order valence-corrected chi connectivity index (χ1v) is 16.9. The first kappa shape index (κ1) is 33.9. The number of nitrogens with one attached hydrogen (secondary N) is 3. The van der Waals surface area contributed by atoms with Crippen molar-refractivity contribution < 1.29 is 31.1 Å². The molecule has 3 aromatic rings. The fourth-order valence-corrected chi connectivity index (χ4v) is 6.72. The fraction of sp³-hybridized carbons (Fsp3) is 0.533. The quantitative estimate of drug-likeness (QED) is 0.159. The van der Waals surface area contributed by atoms with Gasteiger partial charge in [0, 0.05) is 24.3 Å². The molecule has 46 heavy (non-hydrogen) atoms. The maximum atomic E-state index is 13.1. The van der Waals surface area contributed by atoms with E-state index in [-0.39, 0.29) is 58.8 Å². The van der Waals surface area contributed by atoms with Gasteiger partial charge in [-0.15, -0.1) is 5.10 Å². The molecule has 2 fully saturated rings. The highest BCUT2D eigenvalue weighted by Crippen LogP contribution is 2.59. The number of aryl methyl sites for hydroxylation is 1. The molecule has 11 nitrogen and oxygen atoms in total. The summed E-state index contributed by atoms with van der Waals surface area (Å²) < 4.78 is 74.2. The Morgan fingerprint density at radius 2 is 1.93 bits per heavy atom. The third-order valence-electron chi connectivity index (χ3n) is 8.49. The fourth-order valence-electron chi connectivity index (χ4n) is 5.57. The topological polar surface area (TPSA) is 140 Å². The van der Waals surface area contributed by atoms with Crippen molar-refractivity contribution in [3.05, 3.63) is 52.8 Å². The highest BCUT2D eigenvalue weighted by Gasteiger charge is 2.62. The number of amides is 1. The summed E-state index contributed by atoms with van der Waals surface area (Å²) in [6.45, 7) is 7.65. The lowest BCUT2D eigenvalue weighted by Gasteiger charge is -2.18. The number of anilines is 1. The molecule has 1 aliphatic heterocycles. The van der Waals surface area contributed by atoms with Crippen LogP contribution in [0.3, 0.4) is 0 Å². The van der Waals surface area contributed by atoms with Gasteiger partial charge in [0.25, 0.3) is 15.9 Å². The van der Waals surface area contributed by atoms with Crippen LogP contribution in [0.4, 0.5) is 19.0 Å². The van der Waals surface area contributed by atoms with Crippen LogP contribution in [-0.2, 0) is 10.0 Å². The summed E-state index contributed by atoms with van der Waals surface area (Å²) in [6.07, 6.45) is 0.273. The van der Waals surface area contributed by atoms with Gasteiger partial charge in [-0.3, -0.25) is 4.79 Å². The molecule has 0 bridgehead atoms. The molecule has 1 saturated carbocycles. The van der Waals surface area contributed by atoms with E-state index in [2.05, 4.69) is 39.5 Å². The average Bonchev–Trinajstić information content (AvgIpc) is 3.49. The minimum Gasteiger partial charge on any atom is -0.477 e. The number of ether oxygens (including phenoxy) is 1. The highest BCUT2D eigenvalue weighted by molar-refractivity contribution is 7.90. The monoisotopic (exact) mass is 683 g/mol. The number of carbonyl (C=O) groups is 1. The van der Waals surface area contributed by atoms with E-state index in [9.17, 15) is 26.4 Å². The largest absolute Gasteiger partial charge is 0.477 e. The van der Waals surface area contributed by atoms with Gasteiger partial charge < -0.3 is 15.4 Å². The number of rotatable bonds is 13. The van der Waals surface area contributed by atoms with E-state index in [4.69, 9.17) is 16.3 Å². The lowest BCUT2D eigenvalue weighted by Crippen LogP contribution is -2.31. The minimum atomic E-state index is -4.35. The van der Waals surface area contributed by atoms with Crippen LogP contribution in [0, 0.1) is 18.3 Å². The van der Waals surface area contributed by atoms with Crippen molar-refractivity contribution in [1.82, 2.24) is 29.8 Å². The third-order valence-corrected chi connectivity index (χ3v) is 10.0. The summed E-state index contributed by atoms with van der Waals surface area (Å²) in [5.41, 5.74) is -0.961. The summed E-state index contributed by atoms with van der Waals surface area (Å²) in [5, 5.41) is 10.3. The van der Waals surface area contributed by atoms with Crippen LogP contribution < -0.4 is 20.1 Å². The molecule has 0 aromatic carbocycles. The number of pyridine rings is 2. The second kappa shape index (κ2) is 13.0. The van der Waals surface area contributed by atoms with Crippen LogP contribution in [0.1, 0.15) is 68.3 Å². The van der Waals surface area contributed by atoms with Crippen molar-refractivity contribution >= 4 is 33.3 Å². The second-order valence-electron chi connectivity index (χ2n) is 12.6. The maximum Gasteiger partial charge on any atom is 0.394 e. The normalized spacial score (nSPS) is 18.7. The molecule has 1 amide bonds. The molecular weight excluding hydrogens is 647 g/mol. The molecule has 3 N–H and O–H groups in total. The summed E-state index contributed by atoms with van der Waals surface area (Å²) in [6, 6.07) is 7.07. The van der Waals surface area contributed by atoms with Crippen LogP contribution in [0.5, 0.6) is 5.88 Å². The Morgan fingerprint density at radius 3 is 2.59 bits per heavy atom. The van der Waals surface area contributed by atoms with Crippen LogP contribution in [0.15, 0.2) is 41.6 Å². The third kappa shape index (κ3) is 7.92. The molecule has 3 aromatic heterocycles. The number of aromatic nitrogens is 4. The number of alkyl halides is 3. The van der Waals surface area contributed by atoms with Crippen LogP contribution >= 0.6 is 11.6 Å². The minimum absolute atomic E-state index is 0.0926. The summed E-state index contributed by atoms with van der Waals surface area (Å²) >= 11 is 6.24. The molecule has 1 unspecified atom stereocenters. The van der Waals surface area contributed by atoms with Crippen LogP contribution in [0.25, 0.3) is 5.82 Å². The van der Waals surface area contributed by atoms with Gasteiger partial charge in [0.1, 0.15) is 11.0 Å². The van der Waals surface area contributed by atoms with E-state index >= 15 is 0 Å². The smallest absolute Gasteiger partial charge is 0.394 e. The molecule has 16 heteroatoms. The molecule has 0 spiro atoms. The average molecular weight is 684 g/mol. The number of hydrogen-bond acceptors (Lipinski definition) is 9. The SMILES string of the molecule is Cc1ccc(S(=O)(=O)NC(=O)c2ccc(-n3ccc(OCCC4(C(F)(F)F)CC4)n3)nc2Cl)nc1NCCCC1CNC(C)(C)C1. The summed E-state index contributed by atoms with van der Waals surface area (Å²) in [7, 11) is -4.35. The Morgan fingerprint density at radius 1 is 1.17 bits per heavy atom. The Hall–Kier alpha value is -3.43. The summed E-state index contributed by atoms with van der Waals surface area (Å²) in [5.74, 6) is 0.278. The first-order chi connectivity index (χ1) is 21.6. The van der Waals surface area contributed by atoms with Crippen molar-refractivity contribution in [2.24, 2.45) is 11.3 Å². The molecular formula is C30H37ClF3N7O4S. The molecule has 4 heterocycles. The Balaban J connectivity index is 1.16. The van der Waals surface area contributed by atoms with E-state index in [1.807, 2.05) is 11.6 Å². The van der Waals surface area contributed by atoms with Crippen molar-refractivity contribution in [3.63, 3.8) is 0 Å². The molecule has 2 aliphatic rings. The summed E-state index contributed by atoms with van der Waals surface area (Å²) in [4.78, 5) is 21.3. The standard InChI is InChI=1S/C30H37ClF3N7O4S/c1-19-6-9-24(38-26(19)35-14-4-5-20-17-28(2,3)36-18-20)46(43,44)40-27(42)21-7-8-22(37-25(21)31)41-15-10-23(39-41)45-16-13-29(11-12-29)30(32,33)34/h6-10,15,20,36H,4-5,11-14,16-18H2,1-3H3,(H,35,38)(H,40,42). The van der Waals surface area contributed by atoms with Gasteiger partial charge in [-0.05, 0) is 95.5 Å². The maximum absolute atomic E-state index is 13.1. The lowest BCUT2D eigenvalue weighted by molar-refractivity contribution is -0.190. The van der Waals surface area contributed by atoms with E-state index in [1.54, 1.807) is 6.07 Å². The van der Waals surface area contributed by atoms with E-state index in [0.717, 1.165) is 31.4 Å². The first-order valence-electron chi connectivity index (χ1n) is 15.0. The number of nitrogens with zero attached hydrogens (tertiary/aromatic N) is 4. The zero-order valence-corrected chi connectivity index (χ0v) is 27.3. The van der Waals surface area contributed by atoms with Crippen molar-refractivity contribution in [1.29, 1.82) is 0 Å². The van der Waals surface area contributed by atoms with Gasteiger partial charge in [0.2, 0.25) is 5.88 Å². The van der Waals surface area contributed by atoms with Crippen molar-refractivity contribution in [2.45, 2.75) is 76.0 Å². The van der Waals surface area contributed by atoms with Crippen LogP contribution in [0.2, 0.25) is 5.15 Å². The molecule has 250 valence electrons. The van der Waals surface area contributed by atoms with Crippen molar-refractivity contribution in [3.8, 4) is 11.7 Å². The van der Waals surface area contributed by atoms with Crippen molar-refractivity contribution in [2.75, 3.05) is 25.0 Å². The van der Waals surface area contributed by atoms with Gasteiger partial charge in [0.15, 0.2) is 10.8 Å². The number of sulfonamides is 1. The van der Waals surface area contributed by atoms with Gasteiger partial charge in [-0.2, -0.15) is 21.6 Å². The Kier molecular flexibility index (Phi) is 9.58. The molecule has 1 atom stereocenters. The van der Waals surface area contributed by atoms with Gasteiger partial charge >= 0.3 is 6.18 Å². The van der Waals surface area contributed by atoms with E-state index in [1.165, 1.54) is 35.1 Å². The number of hydrogen-bond donors (Lipinski definition) is 3. The molecule has 5 rings (SSSR count). The van der Waals surface area contributed by atoms with E-state index in [0.29, 0.717) is 18.3 Å². The lowest BCUT2D eigenvalue weighted by atomic mass is 9.94. The zero-order chi connectivity index (χ0) is 33.3. The predicted molar refractivity (Wildman–Crippen MR) is 166 cm³/mol. The number of carbonyl (C=O) groups excluding carboxylic acids is 1. The van der Waals surface area contributed by atoms with Crippen LogP contribution in [-0.4, -0.2) is 65.5 Å². The van der Waals surface area contributed by atoms with Gasteiger partial charge in [-0.1, -0.05) is 17.7 Å². The van der Waals surface area contributed by atoms with Gasteiger partial charge in [0.05, 0.1) is 17.6 Å². The predicted octanol–water partition coefficient (Wildman–Crippen LogP) is 5.43. The Bertz CT molecular complexity index is 1690. The Labute approximate surface area is 270 Å². The molecule has 1 aliphatic carbocycles. The zero-order valence-electron chi connectivity index (χ0n) is 25.7. The molecule has 0 radical (unpaired) electrons. The second-order valence-corrected chi connectivity index (χ2v) is 14.6. The van der Waals surface area contributed by atoms with E-state index < -0.39 is 27.5 Å². The van der Waals surface area contributed by atoms with Gasteiger partial charge in [-0.25, -0.2) is 19.4 Å². The number of halogens is 4. The highest BCUT2D eigenvalue weighted by atomic mass is 35.5.